The number of aliphatic hydroxyl groups excluding tert-OH is 2. The van der Waals surface area contributed by atoms with Gasteiger partial charge in [0.1, 0.15) is 6.10 Å². The summed E-state index contributed by atoms with van der Waals surface area (Å²) in [7, 11) is 0. The summed E-state index contributed by atoms with van der Waals surface area (Å²) in [6.07, 6.45) is 21.1. The molecule has 1 heterocycles. The van der Waals surface area contributed by atoms with Crippen LogP contribution in [-0.2, 0) is 9.53 Å². The number of fused-ring (bicyclic) bond motifs is 1. The van der Waals surface area contributed by atoms with Gasteiger partial charge in [-0.05, 0) is 100 Å². The summed E-state index contributed by atoms with van der Waals surface area (Å²) in [5, 5.41) is 19.6. The van der Waals surface area contributed by atoms with E-state index in [-0.39, 0.29) is 36.6 Å². The summed E-state index contributed by atoms with van der Waals surface area (Å²) in [5.74, 6) is 1.96. The second kappa shape index (κ2) is 14.8. The molecule has 0 spiro atoms. The first-order chi connectivity index (χ1) is 18.7. The molecule has 4 nitrogen and oxygen atoms in total. The van der Waals surface area contributed by atoms with Crippen molar-refractivity contribution in [3.63, 3.8) is 0 Å². The molecule has 0 aromatic rings. The second-order valence-corrected chi connectivity index (χ2v) is 12.8. The van der Waals surface area contributed by atoms with Crippen LogP contribution in [0, 0.1) is 35.0 Å². The van der Waals surface area contributed by atoms with Crippen molar-refractivity contribution in [3.8, 4) is 0 Å². The Morgan fingerprint density at radius 1 is 1.26 bits per heavy atom. The molecule has 0 amide bonds. The van der Waals surface area contributed by atoms with E-state index in [2.05, 4.69) is 52.5 Å². The lowest BCUT2D eigenvalue weighted by molar-refractivity contribution is -0.140. The first-order valence-electron chi connectivity index (χ1n) is 15.9. The summed E-state index contributed by atoms with van der Waals surface area (Å²) in [5.41, 5.74) is 4.07. The van der Waals surface area contributed by atoms with Crippen LogP contribution in [-0.4, -0.2) is 35.0 Å². The van der Waals surface area contributed by atoms with E-state index in [1.807, 2.05) is 13.0 Å². The van der Waals surface area contributed by atoms with Crippen LogP contribution in [0.5, 0.6) is 0 Å². The standard InChI is InChI=1S/C35H56O4/c1-7-26(16-18-28(32(37)9-3)13-10-11-22-36)15-17-27-14-12-21-35(6)30(19-20-31(27)35)24(4)23-33-29(8-2)25(5)34(38)39-33/h10,13,15,17,24,28-33,36-37H,5,7-9,11-12,14,16,18-23H2,1-4,6H3/b13-10?,26-15+,27-17+/t24-,28+,29-,30-,31+,32-,33+,35-/m1/s1. The molecule has 3 aliphatic rings. The fourth-order valence-electron chi connectivity index (χ4n) is 8.16. The minimum absolute atomic E-state index is 0.00478. The van der Waals surface area contributed by atoms with Crippen molar-refractivity contribution in [2.45, 2.75) is 124 Å². The van der Waals surface area contributed by atoms with Crippen molar-refractivity contribution in [3.05, 3.63) is 47.6 Å². The minimum Gasteiger partial charge on any atom is -0.458 e. The quantitative estimate of drug-likeness (QED) is 0.133. The van der Waals surface area contributed by atoms with Gasteiger partial charge in [-0.1, -0.05) is 76.6 Å². The molecule has 3 fully saturated rings. The maximum Gasteiger partial charge on any atom is 0.334 e. The Bertz CT molecular complexity index is 914. The molecule has 3 rings (SSSR count). The summed E-state index contributed by atoms with van der Waals surface area (Å²) in [4.78, 5) is 12.2. The topological polar surface area (TPSA) is 66.8 Å². The van der Waals surface area contributed by atoms with E-state index in [0.29, 0.717) is 35.2 Å². The highest BCUT2D eigenvalue weighted by Gasteiger charge is 2.51. The Morgan fingerprint density at radius 3 is 2.69 bits per heavy atom. The second-order valence-electron chi connectivity index (χ2n) is 12.8. The van der Waals surface area contributed by atoms with Crippen LogP contribution >= 0.6 is 0 Å². The van der Waals surface area contributed by atoms with Gasteiger partial charge < -0.3 is 14.9 Å². The number of carbonyl (C=O) groups excluding carboxylic acids is 1. The van der Waals surface area contributed by atoms with Gasteiger partial charge in [-0.15, -0.1) is 0 Å². The maximum absolute atomic E-state index is 12.2. The molecule has 1 aliphatic heterocycles. The van der Waals surface area contributed by atoms with Crippen LogP contribution < -0.4 is 0 Å². The van der Waals surface area contributed by atoms with Gasteiger partial charge >= 0.3 is 5.97 Å². The number of allylic oxidation sites excluding steroid dienone is 4. The molecule has 0 bridgehead atoms. The number of aliphatic hydroxyl groups is 2. The first kappa shape index (κ1) is 31.9. The van der Waals surface area contributed by atoms with Gasteiger partial charge in [-0.25, -0.2) is 4.79 Å². The molecule has 4 heteroatoms. The van der Waals surface area contributed by atoms with Crippen LogP contribution in [0.1, 0.15) is 112 Å². The number of cyclic esters (lactones) is 1. The van der Waals surface area contributed by atoms with Crippen LogP contribution in [0.2, 0.25) is 0 Å². The minimum atomic E-state index is -0.328. The van der Waals surface area contributed by atoms with Crippen LogP contribution in [0.4, 0.5) is 0 Å². The van der Waals surface area contributed by atoms with Gasteiger partial charge in [0, 0.05) is 24.0 Å². The third kappa shape index (κ3) is 7.55. The molecule has 2 aliphatic carbocycles. The summed E-state index contributed by atoms with van der Waals surface area (Å²) >= 11 is 0. The van der Waals surface area contributed by atoms with E-state index in [1.165, 1.54) is 37.7 Å². The smallest absolute Gasteiger partial charge is 0.334 e. The SMILES string of the molecule is C=C1C(=O)O[C@@H](C[C@@H](C)[C@H]2CC[C@H]3/C(=C/C=C(\CC)CC[C@H](C=CCCO)[C@H](O)CC)CCC[C@]23C)[C@@H]1CC. The molecule has 0 unspecified atom stereocenters. The van der Waals surface area contributed by atoms with Crippen LogP contribution in [0.3, 0.4) is 0 Å². The fraction of sp³-hybridized carbons (Fsp3) is 0.743. The normalized spacial score (nSPS) is 33.0. The van der Waals surface area contributed by atoms with E-state index in [4.69, 9.17) is 9.84 Å². The Labute approximate surface area is 238 Å². The van der Waals surface area contributed by atoms with E-state index < -0.39 is 0 Å². The largest absolute Gasteiger partial charge is 0.458 e. The van der Waals surface area contributed by atoms with E-state index in [0.717, 1.165) is 38.5 Å². The number of carbonyl (C=O) groups is 1. The maximum atomic E-state index is 12.2. The van der Waals surface area contributed by atoms with Crippen molar-refractivity contribution < 1.29 is 19.7 Å². The highest BCUT2D eigenvalue weighted by Crippen LogP contribution is 2.60. The van der Waals surface area contributed by atoms with Crippen molar-refractivity contribution in [1.29, 1.82) is 0 Å². The summed E-state index contributed by atoms with van der Waals surface area (Å²) in [6.45, 7) is 15.5. The molecule has 1 saturated heterocycles. The highest BCUT2D eigenvalue weighted by atomic mass is 16.6. The molecule has 0 aromatic heterocycles. The zero-order valence-corrected chi connectivity index (χ0v) is 25.5. The summed E-state index contributed by atoms with van der Waals surface area (Å²) < 4.78 is 5.77. The Balaban J connectivity index is 1.67. The molecule has 8 atom stereocenters. The number of hydrogen-bond donors (Lipinski definition) is 2. The third-order valence-corrected chi connectivity index (χ3v) is 10.6. The number of hydrogen-bond acceptors (Lipinski definition) is 4. The zero-order chi connectivity index (χ0) is 28.6. The molecule has 2 saturated carbocycles. The lowest BCUT2D eigenvalue weighted by atomic mass is 9.60. The third-order valence-electron chi connectivity index (χ3n) is 10.6. The Morgan fingerprint density at radius 2 is 2.03 bits per heavy atom. The van der Waals surface area contributed by atoms with Crippen molar-refractivity contribution >= 4 is 5.97 Å². The van der Waals surface area contributed by atoms with Crippen molar-refractivity contribution in [2.24, 2.45) is 35.0 Å². The van der Waals surface area contributed by atoms with Gasteiger partial charge in [-0.2, -0.15) is 0 Å². The molecule has 0 radical (unpaired) electrons. The highest BCUT2D eigenvalue weighted by molar-refractivity contribution is 5.90. The average Bonchev–Trinajstić information content (AvgIpc) is 3.42. The molecular weight excluding hydrogens is 484 g/mol. The van der Waals surface area contributed by atoms with Gasteiger partial charge in [-0.3, -0.25) is 0 Å². The van der Waals surface area contributed by atoms with E-state index >= 15 is 0 Å². The molecule has 220 valence electrons. The number of rotatable bonds is 14. The van der Waals surface area contributed by atoms with Crippen molar-refractivity contribution in [1.82, 2.24) is 0 Å². The van der Waals surface area contributed by atoms with Gasteiger partial charge in [0.15, 0.2) is 0 Å². The molecule has 2 N–H and O–H groups in total. The van der Waals surface area contributed by atoms with Gasteiger partial charge in [0.25, 0.3) is 0 Å². The van der Waals surface area contributed by atoms with E-state index in [1.54, 1.807) is 5.57 Å². The lowest BCUT2D eigenvalue weighted by Gasteiger charge is -2.44. The lowest BCUT2D eigenvalue weighted by Crippen LogP contribution is -2.37. The monoisotopic (exact) mass is 540 g/mol. The molecule has 39 heavy (non-hydrogen) atoms. The van der Waals surface area contributed by atoms with Gasteiger partial charge in [0.05, 0.1) is 6.10 Å². The Kier molecular flexibility index (Phi) is 12.1. The average molecular weight is 541 g/mol. The summed E-state index contributed by atoms with van der Waals surface area (Å²) in [6, 6.07) is 0. The molecular formula is C35H56O4. The first-order valence-corrected chi connectivity index (χ1v) is 15.9. The van der Waals surface area contributed by atoms with Gasteiger partial charge in [0.2, 0.25) is 0 Å². The predicted octanol–water partition coefficient (Wildman–Crippen LogP) is 8.11. The van der Waals surface area contributed by atoms with Crippen LogP contribution in [0.25, 0.3) is 0 Å². The molecule has 0 aromatic carbocycles. The fourth-order valence-corrected chi connectivity index (χ4v) is 8.16. The van der Waals surface area contributed by atoms with Crippen LogP contribution in [0.15, 0.2) is 47.6 Å². The Hall–Kier alpha value is -1.65. The number of ether oxygens (including phenoxy) is 1. The van der Waals surface area contributed by atoms with E-state index in [9.17, 15) is 9.90 Å². The zero-order valence-electron chi connectivity index (χ0n) is 25.5. The number of esters is 1. The van der Waals surface area contributed by atoms with Crippen molar-refractivity contribution in [2.75, 3.05) is 6.61 Å². The predicted molar refractivity (Wildman–Crippen MR) is 161 cm³/mol.